The van der Waals surface area contributed by atoms with Crippen molar-refractivity contribution in [3.8, 4) is 17.0 Å². The number of nitrogens with zero attached hydrogens (tertiary/aromatic N) is 6. The van der Waals surface area contributed by atoms with Crippen LogP contribution in [0, 0.1) is 0 Å². The molecule has 146 valence electrons. The summed E-state index contributed by atoms with van der Waals surface area (Å²) in [4.78, 5) is 5.78. The van der Waals surface area contributed by atoms with Crippen LogP contribution in [0.25, 0.3) is 32.8 Å². The number of pyridine rings is 1. The summed E-state index contributed by atoms with van der Waals surface area (Å²) in [5.41, 5.74) is 4.21. The van der Waals surface area contributed by atoms with Gasteiger partial charge in [-0.3, -0.25) is 4.40 Å². The van der Waals surface area contributed by atoms with Crippen molar-refractivity contribution in [1.82, 2.24) is 29.4 Å². The molecule has 0 amide bonds. The van der Waals surface area contributed by atoms with Gasteiger partial charge in [0.05, 0.1) is 18.2 Å². The second-order valence-corrected chi connectivity index (χ2v) is 7.62. The highest BCUT2D eigenvalue weighted by Crippen LogP contribution is 2.36. The smallest absolute Gasteiger partial charge is 0.195 e. The zero-order chi connectivity index (χ0) is 20.1. The van der Waals surface area contributed by atoms with Crippen LogP contribution in [0.15, 0.2) is 66.2 Å². The van der Waals surface area contributed by atoms with Crippen molar-refractivity contribution in [1.29, 1.82) is 0 Å². The number of fused-ring (bicyclic) bond motifs is 4. The SMILES string of the molecule is COc1ccc(Nc2c(-c3cc4ccccc4n4nnnc34)nc3sccn23)cc1. The van der Waals surface area contributed by atoms with E-state index in [0.717, 1.165) is 44.4 Å². The van der Waals surface area contributed by atoms with Gasteiger partial charge in [0.2, 0.25) is 0 Å². The van der Waals surface area contributed by atoms with Crippen LogP contribution in [0.4, 0.5) is 11.5 Å². The van der Waals surface area contributed by atoms with E-state index in [2.05, 4.69) is 33.0 Å². The van der Waals surface area contributed by atoms with E-state index in [0.29, 0.717) is 5.65 Å². The zero-order valence-corrected chi connectivity index (χ0v) is 16.7. The molecule has 0 aliphatic heterocycles. The minimum atomic E-state index is 0.664. The number of nitrogens with one attached hydrogen (secondary N) is 1. The van der Waals surface area contributed by atoms with Crippen LogP contribution >= 0.6 is 11.3 Å². The maximum absolute atomic E-state index is 5.27. The Hall–Kier alpha value is -3.98. The van der Waals surface area contributed by atoms with E-state index >= 15 is 0 Å². The Morgan fingerprint density at radius 1 is 1.07 bits per heavy atom. The minimum Gasteiger partial charge on any atom is -0.497 e. The Kier molecular flexibility index (Phi) is 3.68. The number of imidazole rings is 1. The van der Waals surface area contributed by atoms with Gasteiger partial charge in [-0.25, -0.2) is 4.98 Å². The molecule has 0 saturated heterocycles. The van der Waals surface area contributed by atoms with Gasteiger partial charge in [0.25, 0.3) is 0 Å². The normalized spacial score (nSPS) is 11.5. The van der Waals surface area contributed by atoms with Gasteiger partial charge in [-0.05, 0) is 46.8 Å². The van der Waals surface area contributed by atoms with Gasteiger partial charge in [0.15, 0.2) is 10.6 Å². The van der Waals surface area contributed by atoms with Crippen LogP contribution in [-0.2, 0) is 0 Å². The first-order valence-electron chi connectivity index (χ1n) is 9.29. The molecule has 0 atom stereocenters. The highest BCUT2D eigenvalue weighted by molar-refractivity contribution is 7.15. The van der Waals surface area contributed by atoms with E-state index in [9.17, 15) is 0 Å². The Bertz CT molecular complexity index is 1510. The van der Waals surface area contributed by atoms with Crippen molar-refractivity contribution in [3.63, 3.8) is 0 Å². The third-order valence-electron chi connectivity index (χ3n) is 5.05. The summed E-state index contributed by atoms with van der Waals surface area (Å²) in [7, 11) is 1.66. The molecule has 0 fully saturated rings. The number of methoxy groups -OCH3 is 1. The lowest BCUT2D eigenvalue weighted by Crippen LogP contribution is -1.98. The highest BCUT2D eigenvalue weighted by atomic mass is 32.1. The van der Waals surface area contributed by atoms with Crippen LogP contribution in [0.2, 0.25) is 0 Å². The van der Waals surface area contributed by atoms with Crippen LogP contribution in [0.1, 0.15) is 0 Å². The summed E-state index contributed by atoms with van der Waals surface area (Å²) in [6.07, 6.45) is 2.00. The summed E-state index contributed by atoms with van der Waals surface area (Å²) in [5, 5.41) is 19.0. The fourth-order valence-corrected chi connectivity index (χ4v) is 4.33. The number of tetrazole rings is 1. The van der Waals surface area contributed by atoms with Crippen molar-refractivity contribution in [2.45, 2.75) is 0 Å². The van der Waals surface area contributed by atoms with E-state index in [1.807, 2.05) is 58.4 Å². The molecular formula is C21H15N7OS. The minimum absolute atomic E-state index is 0.664. The van der Waals surface area contributed by atoms with Crippen molar-refractivity contribution < 1.29 is 4.74 Å². The maximum Gasteiger partial charge on any atom is 0.195 e. The summed E-state index contributed by atoms with van der Waals surface area (Å²) in [6.45, 7) is 0. The Morgan fingerprint density at radius 3 is 2.80 bits per heavy atom. The molecule has 0 bridgehead atoms. The van der Waals surface area contributed by atoms with E-state index < -0.39 is 0 Å². The number of para-hydroxylation sites is 1. The molecule has 1 N–H and O–H groups in total. The lowest BCUT2D eigenvalue weighted by atomic mass is 10.1. The molecule has 0 unspecified atom stereocenters. The largest absolute Gasteiger partial charge is 0.497 e. The zero-order valence-electron chi connectivity index (χ0n) is 15.9. The Labute approximate surface area is 174 Å². The fraction of sp³-hybridized carbons (Fsp3) is 0.0476. The molecule has 6 rings (SSSR count). The summed E-state index contributed by atoms with van der Waals surface area (Å²) in [5.74, 6) is 1.66. The number of thiazole rings is 1. The maximum atomic E-state index is 5.27. The first-order chi connectivity index (χ1) is 14.8. The summed E-state index contributed by atoms with van der Waals surface area (Å²) < 4.78 is 9.07. The molecule has 0 saturated carbocycles. The number of rotatable bonds is 4. The monoisotopic (exact) mass is 413 g/mol. The number of hydrogen-bond donors (Lipinski definition) is 1. The van der Waals surface area contributed by atoms with Gasteiger partial charge >= 0.3 is 0 Å². The van der Waals surface area contributed by atoms with E-state index in [1.54, 1.807) is 23.0 Å². The average Bonchev–Trinajstić information content (AvgIpc) is 3.51. The van der Waals surface area contributed by atoms with E-state index in [4.69, 9.17) is 9.72 Å². The average molecular weight is 413 g/mol. The van der Waals surface area contributed by atoms with Crippen LogP contribution in [0.3, 0.4) is 0 Å². The summed E-state index contributed by atoms with van der Waals surface area (Å²) >= 11 is 1.58. The van der Waals surface area contributed by atoms with Gasteiger partial charge in [0, 0.05) is 22.7 Å². The van der Waals surface area contributed by atoms with Crippen molar-refractivity contribution >= 4 is 44.4 Å². The molecule has 0 radical (unpaired) electrons. The molecule has 0 aliphatic rings. The van der Waals surface area contributed by atoms with Gasteiger partial charge in [-0.2, -0.15) is 4.52 Å². The van der Waals surface area contributed by atoms with Gasteiger partial charge in [-0.15, -0.1) is 16.4 Å². The fourth-order valence-electron chi connectivity index (χ4n) is 3.62. The lowest BCUT2D eigenvalue weighted by molar-refractivity contribution is 0.415. The Balaban J connectivity index is 1.58. The lowest BCUT2D eigenvalue weighted by Gasteiger charge is -2.10. The van der Waals surface area contributed by atoms with Crippen LogP contribution in [0.5, 0.6) is 5.75 Å². The summed E-state index contributed by atoms with van der Waals surface area (Å²) in [6, 6.07) is 17.9. The molecule has 9 heteroatoms. The highest BCUT2D eigenvalue weighted by Gasteiger charge is 2.20. The van der Waals surface area contributed by atoms with Crippen LogP contribution in [-0.4, -0.2) is 36.5 Å². The number of anilines is 2. The second-order valence-electron chi connectivity index (χ2n) is 6.75. The molecule has 4 heterocycles. The standard InChI is InChI=1S/C21H15N7OS/c1-29-15-8-6-14(7-9-15)22-20-18(23-21-27(20)10-11-30-21)16-12-13-4-2-3-5-17(13)28-19(16)24-25-26-28/h2-12,22H,1H3. The molecule has 8 nitrogen and oxygen atoms in total. The van der Waals surface area contributed by atoms with Gasteiger partial charge in [-0.1, -0.05) is 18.2 Å². The first-order valence-corrected chi connectivity index (χ1v) is 10.2. The quantitative estimate of drug-likeness (QED) is 0.461. The predicted octanol–water partition coefficient (Wildman–Crippen LogP) is 4.41. The third kappa shape index (κ3) is 2.52. The first kappa shape index (κ1) is 16.9. The number of hydrogen-bond acceptors (Lipinski definition) is 7. The van der Waals surface area contributed by atoms with E-state index in [-0.39, 0.29) is 0 Å². The van der Waals surface area contributed by atoms with Gasteiger partial charge in [0.1, 0.15) is 17.3 Å². The van der Waals surface area contributed by atoms with E-state index in [1.165, 1.54) is 0 Å². The molecular weight excluding hydrogens is 398 g/mol. The Morgan fingerprint density at radius 2 is 1.93 bits per heavy atom. The molecule has 6 aromatic rings. The van der Waals surface area contributed by atoms with Crippen molar-refractivity contribution in [3.05, 3.63) is 66.2 Å². The number of aromatic nitrogens is 6. The molecule has 0 aliphatic carbocycles. The van der Waals surface area contributed by atoms with Crippen LogP contribution < -0.4 is 10.1 Å². The molecule has 30 heavy (non-hydrogen) atoms. The molecule has 0 spiro atoms. The van der Waals surface area contributed by atoms with Crippen molar-refractivity contribution in [2.24, 2.45) is 0 Å². The van der Waals surface area contributed by atoms with Gasteiger partial charge < -0.3 is 10.1 Å². The van der Waals surface area contributed by atoms with Crippen molar-refractivity contribution in [2.75, 3.05) is 12.4 Å². The molecule has 4 aromatic heterocycles. The second kappa shape index (κ2) is 6.53. The predicted molar refractivity (Wildman–Crippen MR) is 117 cm³/mol. The molecule has 2 aromatic carbocycles. The number of ether oxygens (including phenoxy) is 1. The number of benzene rings is 2. The third-order valence-corrected chi connectivity index (χ3v) is 5.80. The topological polar surface area (TPSA) is 81.6 Å².